The number of benzene rings is 1. The SMILES string of the molecule is CC(=O)NCCN(C)CC(=O)Nc1ccc(Cl)cc1. The molecule has 0 radical (unpaired) electrons. The van der Waals surface area contributed by atoms with Crippen LogP contribution in [0.4, 0.5) is 5.69 Å². The lowest BCUT2D eigenvalue weighted by molar-refractivity contribution is -0.118. The van der Waals surface area contributed by atoms with Crippen molar-refractivity contribution in [1.29, 1.82) is 0 Å². The van der Waals surface area contributed by atoms with Crippen molar-refractivity contribution in [2.75, 3.05) is 32.0 Å². The number of hydrogen-bond acceptors (Lipinski definition) is 3. The first kappa shape index (κ1) is 15.5. The highest BCUT2D eigenvalue weighted by molar-refractivity contribution is 6.30. The van der Waals surface area contributed by atoms with Gasteiger partial charge >= 0.3 is 0 Å². The van der Waals surface area contributed by atoms with Crippen molar-refractivity contribution in [3.8, 4) is 0 Å². The third kappa shape index (κ3) is 6.79. The molecule has 0 spiro atoms. The van der Waals surface area contributed by atoms with Crippen molar-refractivity contribution in [1.82, 2.24) is 10.2 Å². The minimum Gasteiger partial charge on any atom is -0.355 e. The smallest absolute Gasteiger partial charge is 0.238 e. The molecule has 5 nitrogen and oxygen atoms in total. The van der Waals surface area contributed by atoms with Crippen molar-refractivity contribution in [2.45, 2.75) is 6.92 Å². The first-order valence-electron chi connectivity index (χ1n) is 5.96. The summed E-state index contributed by atoms with van der Waals surface area (Å²) >= 11 is 5.76. The molecule has 0 saturated heterocycles. The van der Waals surface area contributed by atoms with Gasteiger partial charge in [0.2, 0.25) is 11.8 Å². The topological polar surface area (TPSA) is 61.4 Å². The highest BCUT2D eigenvalue weighted by Crippen LogP contribution is 2.13. The molecule has 1 aromatic rings. The van der Waals surface area contributed by atoms with E-state index in [1.54, 1.807) is 24.3 Å². The number of hydrogen-bond donors (Lipinski definition) is 2. The number of anilines is 1. The van der Waals surface area contributed by atoms with E-state index in [0.717, 1.165) is 0 Å². The van der Waals surface area contributed by atoms with Crippen LogP contribution in [-0.2, 0) is 9.59 Å². The fourth-order valence-corrected chi connectivity index (χ4v) is 1.61. The minimum atomic E-state index is -0.104. The Morgan fingerprint density at radius 2 is 1.89 bits per heavy atom. The molecular formula is C13H18ClN3O2. The van der Waals surface area contributed by atoms with Crippen molar-refractivity contribution in [2.24, 2.45) is 0 Å². The van der Waals surface area contributed by atoms with Gasteiger partial charge in [0.1, 0.15) is 0 Å². The number of carbonyl (C=O) groups excluding carboxylic acids is 2. The molecule has 0 aliphatic carbocycles. The summed E-state index contributed by atoms with van der Waals surface area (Å²) in [6, 6.07) is 6.93. The van der Waals surface area contributed by atoms with Crippen LogP contribution in [0.1, 0.15) is 6.92 Å². The Morgan fingerprint density at radius 1 is 1.26 bits per heavy atom. The fraction of sp³-hybridized carbons (Fsp3) is 0.385. The van der Waals surface area contributed by atoms with Gasteiger partial charge in [0, 0.05) is 30.7 Å². The molecule has 2 N–H and O–H groups in total. The van der Waals surface area contributed by atoms with E-state index in [-0.39, 0.29) is 18.4 Å². The van der Waals surface area contributed by atoms with Crippen molar-refractivity contribution in [3.63, 3.8) is 0 Å². The molecule has 1 aromatic carbocycles. The molecule has 6 heteroatoms. The van der Waals surface area contributed by atoms with E-state index in [9.17, 15) is 9.59 Å². The molecule has 0 atom stereocenters. The van der Waals surface area contributed by atoms with Crippen LogP contribution in [0.3, 0.4) is 0 Å². The number of carbonyl (C=O) groups is 2. The lowest BCUT2D eigenvalue weighted by Crippen LogP contribution is -2.36. The summed E-state index contributed by atoms with van der Waals surface area (Å²) in [5.41, 5.74) is 0.713. The van der Waals surface area contributed by atoms with Gasteiger partial charge in [0.05, 0.1) is 6.54 Å². The number of halogens is 1. The average molecular weight is 284 g/mol. The van der Waals surface area contributed by atoms with Crippen LogP contribution < -0.4 is 10.6 Å². The lowest BCUT2D eigenvalue weighted by Gasteiger charge is -2.16. The maximum absolute atomic E-state index is 11.7. The number of likely N-dealkylation sites (N-methyl/N-ethyl adjacent to an activating group) is 1. The van der Waals surface area contributed by atoms with Gasteiger partial charge in [-0.25, -0.2) is 0 Å². The molecule has 19 heavy (non-hydrogen) atoms. The van der Waals surface area contributed by atoms with Gasteiger partial charge < -0.3 is 10.6 Å². The minimum absolute atomic E-state index is 0.0704. The zero-order valence-corrected chi connectivity index (χ0v) is 11.8. The molecule has 0 aliphatic heterocycles. The Balaban J connectivity index is 2.30. The van der Waals surface area contributed by atoms with E-state index in [4.69, 9.17) is 11.6 Å². The standard InChI is InChI=1S/C13H18ClN3O2/c1-10(18)15-7-8-17(2)9-13(19)16-12-5-3-11(14)4-6-12/h3-6H,7-9H2,1-2H3,(H,15,18)(H,16,19). The second-order valence-electron chi connectivity index (χ2n) is 4.28. The highest BCUT2D eigenvalue weighted by Gasteiger charge is 2.06. The van der Waals surface area contributed by atoms with Crippen molar-refractivity contribution >= 4 is 29.1 Å². The van der Waals surface area contributed by atoms with Crippen LogP contribution in [-0.4, -0.2) is 43.4 Å². The van der Waals surface area contributed by atoms with Crippen LogP contribution >= 0.6 is 11.6 Å². The first-order valence-corrected chi connectivity index (χ1v) is 6.33. The predicted octanol–water partition coefficient (Wildman–Crippen LogP) is 1.35. The summed E-state index contributed by atoms with van der Waals surface area (Å²) in [4.78, 5) is 24.3. The van der Waals surface area contributed by atoms with Gasteiger partial charge in [-0.1, -0.05) is 11.6 Å². The van der Waals surface area contributed by atoms with Crippen LogP contribution in [0.5, 0.6) is 0 Å². The van der Waals surface area contributed by atoms with Crippen molar-refractivity contribution in [3.05, 3.63) is 29.3 Å². The van der Waals surface area contributed by atoms with Crippen LogP contribution in [0, 0.1) is 0 Å². The molecule has 0 heterocycles. The van der Waals surface area contributed by atoms with E-state index in [2.05, 4.69) is 10.6 Å². The first-order chi connectivity index (χ1) is 8.97. The number of nitrogens with zero attached hydrogens (tertiary/aromatic N) is 1. The number of amides is 2. The van der Waals surface area contributed by atoms with Crippen LogP contribution in [0.15, 0.2) is 24.3 Å². The molecule has 104 valence electrons. The highest BCUT2D eigenvalue weighted by atomic mass is 35.5. The van der Waals surface area contributed by atoms with E-state index in [1.165, 1.54) is 6.92 Å². The van der Waals surface area contributed by atoms with Gasteiger partial charge in [0.25, 0.3) is 0 Å². The van der Waals surface area contributed by atoms with Gasteiger partial charge in [-0.05, 0) is 31.3 Å². The quantitative estimate of drug-likeness (QED) is 0.828. The molecule has 1 rings (SSSR count). The summed E-state index contributed by atoms with van der Waals surface area (Å²) < 4.78 is 0. The maximum atomic E-state index is 11.7. The maximum Gasteiger partial charge on any atom is 0.238 e. The van der Waals surface area contributed by atoms with Gasteiger partial charge in [-0.15, -0.1) is 0 Å². The molecule has 0 aliphatic rings. The molecule has 0 unspecified atom stereocenters. The van der Waals surface area contributed by atoms with Gasteiger partial charge in [-0.3, -0.25) is 14.5 Å². The fourth-order valence-electron chi connectivity index (χ4n) is 1.48. The Labute approximate surface area is 117 Å². The monoisotopic (exact) mass is 283 g/mol. The van der Waals surface area contributed by atoms with Crippen LogP contribution in [0.25, 0.3) is 0 Å². The third-order valence-corrected chi connectivity index (χ3v) is 2.66. The number of nitrogens with one attached hydrogen (secondary N) is 2. The molecule has 2 amide bonds. The zero-order chi connectivity index (χ0) is 14.3. The summed E-state index contributed by atoms with van der Waals surface area (Å²) in [6.45, 7) is 2.88. The van der Waals surface area contributed by atoms with E-state index < -0.39 is 0 Å². The Kier molecular flexibility index (Phi) is 6.32. The average Bonchev–Trinajstić information content (AvgIpc) is 2.31. The summed E-state index contributed by atoms with van der Waals surface area (Å²) in [5, 5.41) is 6.08. The second kappa shape index (κ2) is 7.76. The largest absolute Gasteiger partial charge is 0.355 e. The van der Waals surface area contributed by atoms with E-state index >= 15 is 0 Å². The van der Waals surface area contributed by atoms with Crippen LogP contribution in [0.2, 0.25) is 5.02 Å². The zero-order valence-electron chi connectivity index (χ0n) is 11.1. The lowest BCUT2D eigenvalue weighted by atomic mass is 10.3. The van der Waals surface area contributed by atoms with Gasteiger partial charge in [-0.2, -0.15) is 0 Å². The third-order valence-electron chi connectivity index (χ3n) is 2.41. The van der Waals surface area contributed by atoms with E-state index in [0.29, 0.717) is 23.8 Å². The van der Waals surface area contributed by atoms with E-state index in [1.807, 2.05) is 11.9 Å². The summed E-state index contributed by atoms with van der Waals surface area (Å²) in [5.74, 6) is -0.174. The molecule has 0 saturated carbocycles. The summed E-state index contributed by atoms with van der Waals surface area (Å²) in [7, 11) is 1.82. The Hall–Kier alpha value is -1.59. The molecular weight excluding hydrogens is 266 g/mol. The molecule has 0 bridgehead atoms. The number of rotatable bonds is 6. The molecule has 0 fully saturated rings. The summed E-state index contributed by atoms with van der Waals surface area (Å²) in [6.07, 6.45) is 0. The Morgan fingerprint density at radius 3 is 2.47 bits per heavy atom. The van der Waals surface area contributed by atoms with Crippen molar-refractivity contribution < 1.29 is 9.59 Å². The van der Waals surface area contributed by atoms with Gasteiger partial charge in [0.15, 0.2) is 0 Å². The Bertz CT molecular complexity index is 434. The molecule has 0 aromatic heterocycles. The predicted molar refractivity (Wildman–Crippen MR) is 76.3 cm³/mol. The normalized spacial score (nSPS) is 10.3. The second-order valence-corrected chi connectivity index (χ2v) is 4.71.